The third-order valence-corrected chi connectivity index (χ3v) is 1.76. The molecule has 0 saturated carbocycles. The Kier molecular flexibility index (Phi) is 5.80. The molecular weight excluding hydrogens is 142 g/mol. The topological polar surface area (TPSA) is 43.1 Å². The smallest absolute Gasteiger partial charge is 0.206 e. The van der Waals surface area contributed by atoms with Gasteiger partial charge >= 0.3 is 0 Å². The number of nitrogens with zero attached hydrogens (tertiary/aromatic N) is 1. The number of rotatable bonds is 6. The minimum absolute atomic E-state index is 0.129. The Bertz CT molecular complexity index is 115. The predicted octanol–water partition coefficient (Wildman–Crippen LogP) is 2.48. The molecule has 66 valence electrons. The van der Waals surface area contributed by atoms with Crippen LogP contribution in [0.2, 0.25) is 0 Å². The van der Waals surface area contributed by atoms with Gasteiger partial charge in [0.2, 0.25) is 6.54 Å². The van der Waals surface area contributed by atoms with Crippen LogP contribution in [0.5, 0.6) is 0 Å². The number of unbranched alkanes of at least 4 members (excludes halogenated alkanes) is 2. The van der Waals surface area contributed by atoms with Gasteiger partial charge in [0, 0.05) is 10.8 Å². The van der Waals surface area contributed by atoms with Crippen LogP contribution in [-0.2, 0) is 0 Å². The van der Waals surface area contributed by atoms with Gasteiger partial charge in [-0.25, -0.2) is 0 Å². The molecule has 11 heavy (non-hydrogen) atoms. The molecule has 0 aromatic heterocycles. The maximum Gasteiger partial charge on any atom is 0.206 e. The van der Waals surface area contributed by atoms with E-state index < -0.39 is 0 Å². The van der Waals surface area contributed by atoms with E-state index in [1.807, 2.05) is 6.92 Å². The molecule has 0 unspecified atom stereocenters. The van der Waals surface area contributed by atoms with Crippen LogP contribution < -0.4 is 0 Å². The average molecular weight is 159 g/mol. The summed E-state index contributed by atoms with van der Waals surface area (Å²) in [5.74, 6) is 0.247. The highest BCUT2D eigenvalue weighted by molar-refractivity contribution is 4.50. The first-order chi connectivity index (χ1) is 5.16. The Labute approximate surface area is 67.9 Å². The summed E-state index contributed by atoms with van der Waals surface area (Å²) in [6.45, 7) is 4.21. The molecule has 0 spiro atoms. The van der Waals surface area contributed by atoms with Crippen LogP contribution in [0.3, 0.4) is 0 Å². The van der Waals surface area contributed by atoms with E-state index in [0.717, 1.165) is 12.8 Å². The normalized spacial score (nSPS) is 12.9. The highest BCUT2D eigenvalue weighted by Crippen LogP contribution is 2.08. The van der Waals surface area contributed by atoms with Gasteiger partial charge in [0.15, 0.2) is 0 Å². The van der Waals surface area contributed by atoms with Crippen molar-refractivity contribution in [3.63, 3.8) is 0 Å². The van der Waals surface area contributed by atoms with Crippen LogP contribution in [0.4, 0.5) is 0 Å². The predicted molar refractivity (Wildman–Crippen MR) is 45.2 cm³/mol. The summed E-state index contributed by atoms with van der Waals surface area (Å²) in [4.78, 5) is 9.82. The van der Waals surface area contributed by atoms with Crippen molar-refractivity contribution in [2.24, 2.45) is 5.92 Å². The molecule has 0 aromatic carbocycles. The lowest BCUT2D eigenvalue weighted by Crippen LogP contribution is -2.10. The van der Waals surface area contributed by atoms with Gasteiger partial charge in [0.05, 0.1) is 0 Å². The third-order valence-electron chi connectivity index (χ3n) is 1.76. The Morgan fingerprint density at radius 2 is 2.09 bits per heavy atom. The molecule has 0 bridgehead atoms. The van der Waals surface area contributed by atoms with E-state index in [9.17, 15) is 10.1 Å². The summed E-state index contributed by atoms with van der Waals surface area (Å²) in [5.41, 5.74) is 0. The number of hydrogen-bond donors (Lipinski definition) is 0. The molecule has 0 N–H and O–H groups in total. The fourth-order valence-corrected chi connectivity index (χ4v) is 1.09. The van der Waals surface area contributed by atoms with Crippen LogP contribution in [-0.4, -0.2) is 11.5 Å². The van der Waals surface area contributed by atoms with Gasteiger partial charge in [-0.15, -0.1) is 0 Å². The number of nitro groups is 1. The van der Waals surface area contributed by atoms with Gasteiger partial charge in [0.1, 0.15) is 0 Å². The van der Waals surface area contributed by atoms with Crippen molar-refractivity contribution >= 4 is 0 Å². The molecule has 0 amide bonds. The van der Waals surface area contributed by atoms with Gasteiger partial charge in [0.25, 0.3) is 0 Å². The van der Waals surface area contributed by atoms with Crippen molar-refractivity contribution in [1.29, 1.82) is 0 Å². The van der Waals surface area contributed by atoms with Crippen LogP contribution in [0.25, 0.3) is 0 Å². The fraction of sp³-hybridized carbons (Fsp3) is 1.00. The second-order valence-electron chi connectivity index (χ2n) is 3.12. The van der Waals surface area contributed by atoms with E-state index in [1.54, 1.807) is 0 Å². The molecule has 0 fully saturated rings. The highest BCUT2D eigenvalue weighted by atomic mass is 16.6. The second-order valence-corrected chi connectivity index (χ2v) is 3.12. The lowest BCUT2D eigenvalue weighted by atomic mass is 10.0. The summed E-state index contributed by atoms with van der Waals surface area (Å²) in [7, 11) is 0. The van der Waals surface area contributed by atoms with Crippen LogP contribution in [0.1, 0.15) is 39.5 Å². The van der Waals surface area contributed by atoms with E-state index in [2.05, 4.69) is 6.92 Å². The van der Waals surface area contributed by atoms with Gasteiger partial charge in [-0.2, -0.15) is 0 Å². The molecule has 1 atom stereocenters. The first-order valence-corrected chi connectivity index (χ1v) is 4.28. The largest absolute Gasteiger partial charge is 0.265 e. The molecule has 0 heterocycles. The van der Waals surface area contributed by atoms with Crippen LogP contribution in [0, 0.1) is 16.0 Å². The van der Waals surface area contributed by atoms with Crippen LogP contribution in [0.15, 0.2) is 0 Å². The zero-order valence-corrected chi connectivity index (χ0v) is 7.38. The summed E-state index contributed by atoms with van der Waals surface area (Å²) < 4.78 is 0. The lowest BCUT2D eigenvalue weighted by molar-refractivity contribution is -0.487. The zero-order valence-electron chi connectivity index (χ0n) is 7.38. The first kappa shape index (κ1) is 10.4. The molecule has 0 aliphatic heterocycles. The van der Waals surface area contributed by atoms with E-state index >= 15 is 0 Å². The minimum atomic E-state index is -0.226. The van der Waals surface area contributed by atoms with E-state index in [4.69, 9.17) is 0 Å². The Morgan fingerprint density at radius 1 is 1.45 bits per heavy atom. The summed E-state index contributed by atoms with van der Waals surface area (Å²) in [6, 6.07) is 0. The van der Waals surface area contributed by atoms with Crippen molar-refractivity contribution in [1.82, 2.24) is 0 Å². The third kappa shape index (κ3) is 7.30. The van der Waals surface area contributed by atoms with E-state index in [-0.39, 0.29) is 17.4 Å². The fourth-order valence-electron chi connectivity index (χ4n) is 1.09. The van der Waals surface area contributed by atoms with Crippen molar-refractivity contribution in [2.75, 3.05) is 6.54 Å². The van der Waals surface area contributed by atoms with Gasteiger partial charge in [-0.05, 0) is 6.42 Å². The zero-order chi connectivity index (χ0) is 8.69. The van der Waals surface area contributed by atoms with E-state index in [1.165, 1.54) is 12.8 Å². The van der Waals surface area contributed by atoms with Crippen molar-refractivity contribution in [2.45, 2.75) is 39.5 Å². The standard InChI is InChI=1S/C8H17NO2/c1-3-4-5-6-8(2)7-9(10)11/h8H,3-7H2,1-2H3/t8-/m1/s1. The SMILES string of the molecule is CCCCC[C@@H](C)C[N+](=O)[O-]. The molecular formula is C8H17NO2. The lowest BCUT2D eigenvalue weighted by Gasteiger charge is -2.04. The molecule has 0 aliphatic rings. The molecule has 0 rings (SSSR count). The molecule has 3 heteroatoms. The van der Waals surface area contributed by atoms with Crippen molar-refractivity contribution in [3.8, 4) is 0 Å². The molecule has 0 saturated heterocycles. The maximum atomic E-state index is 10.0. The molecule has 0 aromatic rings. The summed E-state index contributed by atoms with van der Waals surface area (Å²) >= 11 is 0. The molecule has 3 nitrogen and oxygen atoms in total. The number of hydrogen-bond acceptors (Lipinski definition) is 2. The Balaban J connectivity index is 3.22. The molecule has 0 radical (unpaired) electrons. The summed E-state index contributed by atoms with van der Waals surface area (Å²) in [6.07, 6.45) is 4.51. The van der Waals surface area contributed by atoms with Crippen molar-refractivity contribution < 1.29 is 4.92 Å². The van der Waals surface area contributed by atoms with Gasteiger partial charge < -0.3 is 0 Å². The monoisotopic (exact) mass is 159 g/mol. The van der Waals surface area contributed by atoms with Crippen LogP contribution >= 0.6 is 0 Å². The van der Waals surface area contributed by atoms with Crippen molar-refractivity contribution in [3.05, 3.63) is 10.1 Å². The average Bonchev–Trinajstić information content (AvgIpc) is 1.86. The van der Waals surface area contributed by atoms with E-state index in [0.29, 0.717) is 0 Å². The molecule has 0 aliphatic carbocycles. The maximum absolute atomic E-state index is 10.0. The second kappa shape index (κ2) is 6.13. The highest BCUT2D eigenvalue weighted by Gasteiger charge is 2.07. The Morgan fingerprint density at radius 3 is 2.55 bits per heavy atom. The summed E-state index contributed by atoms with van der Waals surface area (Å²) in [5, 5.41) is 10.0. The quantitative estimate of drug-likeness (QED) is 0.339. The minimum Gasteiger partial charge on any atom is -0.265 e. The Hall–Kier alpha value is -0.600. The first-order valence-electron chi connectivity index (χ1n) is 4.28. The van der Waals surface area contributed by atoms with Gasteiger partial charge in [-0.1, -0.05) is 33.1 Å². The van der Waals surface area contributed by atoms with Gasteiger partial charge in [-0.3, -0.25) is 10.1 Å².